The molecule has 2 heterocycles. The number of ether oxygens (including phenoxy) is 2. The minimum atomic E-state index is -0.0691. The molecule has 0 radical (unpaired) electrons. The Morgan fingerprint density at radius 1 is 1.47 bits per heavy atom. The van der Waals surface area contributed by atoms with Crippen LogP contribution in [-0.2, 0) is 9.47 Å². The van der Waals surface area contributed by atoms with E-state index in [9.17, 15) is 0 Å². The monoisotopic (exact) mass is 210 g/mol. The lowest BCUT2D eigenvalue weighted by Crippen LogP contribution is -2.12. The minimum absolute atomic E-state index is 0.0691. The van der Waals surface area contributed by atoms with Gasteiger partial charge in [-0.15, -0.1) is 0 Å². The van der Waals surface area contributed by atoms with Gasteiger partial charge in [0.15, 0.2) is 6.29 Å². The Kier molecular flexibility index (Phi) is 3.12. The van der Waals surface area contributed by atoms with Crippen LogP contribution in [0.25, 0.3) is 0 Å². The van der Waals surface area contributed by atoms with Gasteiger partial charge in [0.1, 0.15) is 11.5 Å². The molecule has 0 aliphatic carbocycles. The first-order valence-corrected chi connectivity index (χ1v) is 5.48. The molecule has 1 aromatic heterocycles. The van der Waals surface area contributed by atoms with Crippen molar-refractivity contribution >= 4 is 0 Å². The quantitative estimate of drug-likeness (QED) is 0.768. The molecule has 3 nitrogen and oxygen atoms in total. The fourth-order valence-electron chi connectivity index (χ4n) is 1.83. The van der Waals surface area contributed by atoms with E-state index in [2.05, 4.69) is 6.92 Å². The first-order chi connectivity index (χ1) is 7.15. The highest BCUT2D eigenvalue weighted by Gasteiger charge is 2.25. The van der Waals surface area contributed by atoms with Gasteiger partial charge in [0.05, 0.1) is 12.7 Å². The highest BCUT2D eigenvalue weighted by Crippen LogP contribution is 2.26. The van der Waals surface area contributed by atoms with Gasteiger partial charge in [-0.1, -0.05) is 6.92 Å². The fraction of sp³-hybridized carbons (Fsp3) is 0.667. The van der Waals surface area contributed by atoms with Gasteiger partial charge in [0, 0.05) is 12.3 Å². The Hall–Kier alpha value is -0.800. The number of rotatable bonds is 3. The molecule has 1 aliphatic heterocycles. The lowest BCUT2D eigenvalue weighted by molar-refractivity contribution is -0.0633. The zero-order valence-electron chi connectivity index (χ0n) is 9.53. The molecule has 2 rings (SSSR count). The van der Waals surface area contributed by atoms with Crippen molar-refractivity contribution in [3.05, 3.63) is 23.7 Å². The van der Waals surface area contributed by atoms with Crippen LogP contribution in [0.5, 0.6) is 0 Å². The SMILES string of the molecule is Cc1ccc(C(C)CC2OCC(C)O2)o1. The Labute approximate surface area is 90.4 Å². The molecule has 3 heteroatoms. The maximum Gasteiger partial charge on any atom is 0.158 e. The summed E-state index contributed by atoms with van der Waals surface area (Å²) >= 11 is 0. The largest absolute Gasteiger partial charge is 0.466 e. The first kappa shape index (κ1) is 10.7. The summed E-state index contributed by atoms with van der Waals surface area (Å²) in [6.45, 7) is 6.82. The van der Waals surface area contributed by atoms with E-state index in [1.807, 2.05) is 26.0 Å². The van der Waals surface area contributed by atoms with Crippen LogP contribution in [-0.4, -0.2) is 19.0 Å². The van der Waals surface area contributed by atoms with Gasteiger partial charge in [-0.2, -0.15) is 0 Å². The Bertz CT molecular complexity index is 318. The maximum absolute atomic E-state index is 5.60. The highest BCUT2D eigenvalue weighted by atomic mass is 16.7. The number of aryl methyl sites for hydroxylation is 1. The van der Waals surface area contributed by atoms with Crippen LogP contribution in [0.1, 0.15) is 37.7 Å². The van der Waals surface area contributed by atoms with Crippen molar-refractivity contribution in [2.24, 2.45) is 0 Å². The second kappa shape index (κ2) is 4.37. The van der Waals surface area contributed by atoms with E-state index in [1.54, 1.807) is 0 Å². The van der Waals surface area contributed by atoms with E-state index in [1.165, 1.54) is 0 Å². The van der Waals surface area contributed by atoms with E-state index in [-0.39, 0.29) is 12.4 Å². The lowest BCUT2D eigenvalue weighted by Gasteiger charge is -2.14. The van der Waals surface area contributed by atoms with Crippen LogP contribution in [0.2, 0.25) is 0 Å². The average Bonchev–Trinajstić information content (AvgIpc) is 2.75. The van der Waals surface area contributed by atoms with E-state index in [0.29, 0.717) is 12.5 Å². The van der Waals surface area contributed by atoms with Crippen molar-refractivity contribution in [2.45, 2.75) is 45.5 Å². The molecular weight excluding hydrogens is 192 g/mol. The summed E-state index contributed by atoms with van der Waals surface area (Å²) in [5.74, 6) is 2.31. The van der Waals surface area contributed by atoms with E-state index in [0.717, 1.165) is 17.9 Å². The molecule has 1 fully saturated rings. The molecule has 15 heavy (non-hydrogen) atoms. The predicted molar refractivity (Wildman–Crippen MR) is 56.8 cm³/mol. The third kappa shape index (κ3) is 2.61. The van der Waals surface area contributed by atoms with Crippen LogP contribution in [0.4, 0.5) is 0 Å². The third-order valence-corrected chi connectivity index (χ3v) is 2.69. The Morgan fingerprint density at radius 3 is 2.80 bits per heavy atom. The summed E-state index contributed by atoms with van der Waals surface area (Å²) in [5.41, 5.74) is 0. The normalized spacial score (nSPS) is 28.2. The van der Waals surface area contributed by atoms with Crippen molar-refractivity contribution in [1.82, 2.24) is 0 Å². The molecule has 3 unspecified atom stereocenters. The molecule has 3 atom stereocenters. The number of hydrogen-bond donors (Lipinski definition) is 0. The second-order valence-electron chi connectivity index (χ2n) is 4.29. The van der Waals surface area contributed by atoms with E-state index in [4.69, 9.17) is 13.9 Å². The van der Waals surface area contributed by atoms with Crippen molar-refractivity contribution in [2.75, 3.05) is 6.61 Å². The summed E-state index contributed by atoms with van der Waals surface area (Å²) < 4.78 is 16.7. The molecule has 1 aliphatic rings. The topological polar surface area (TPSA) is 31.6 Å². The predicted octanol–water partition coefficient (Wildman–Crippen LogP) is 2.84. The molecule has 1 saturated heterocycles. The Morgan fingerprint density at radius 2 is 2.27 bits per heavy atom. The van der Waals surface area contributed by atoms with Gasteiger partial charge >= 0.3 is 0 Å². The lowest BCUT2D eigenvalue weighted by atomic mass is 10.1. The van der Waals surface area contributed by atoms with E-state index >= 15 is 0 Å². The second-order valence-corrected chi connectivity index (χ2v) is 4.29. The van der Waals surface area contributed by atoms with Gasteiger partial charge < -0.3 is 13.9 Å². The zero-order valence-corrected chi connectivity index (χ0v) is 9.53. The van der Waals surface area contributed by atoms with Crippen molar-refractivity contribution in [3.8, 4) is 0 Å². The van der Waals surface area contributed by atoms with Crippen molar-refractivity contribution in [1.29, 1.82) is 0 Å². The van der Waals surface area contributed by atoms with Crippen molar-refractivity contribution in [3.63, 3.8) is 0 Å². The van der Waals surface area contributed by atoms with Gasteiger partial charge in [-0.25, -0.2) is 0 Å². The summed E-state index contributed by atoms with van der Waals surface area (Å²) in [6.07, 6.45) is 1.01. The van der Waals surface area contributed by atoms with Crippen LogP contribution in [0, 0.1) is 6.92 Å². The Balaban J connectivity index is 1.89. The van der Waals surface area contributed by atoms with Crippen LogP contribution >= 0.6 is 0 Å². The maximum atomic E-state index is 5.60. The number of furan rings is 1. The average molecular weight is 210 g/mol. The molecule has 0 saturated carbocycles. The van der Waals surface area contributed by atoms with E-state index < -0.39 is 0 Å². The molecule has 0 amide bonds. The van der Waals surface area contributed by atoms with Gasteiger partial charge in [0.2, 0.25) is 0 Å². The molecule has 0 bridgehead atoms. The van der Waals surface area contributed by atoms with Crippen LogP contribution < -0.4 is 0 Å². The molecule has 1 aromatic rings. The smallest absolute Gasteiger partial charge is 0.158 e. The minimum Gasteiger partial charge on any atom is -0.466 e. The summed E-state index contributed by atoms with van der Waals surface area (Å²) in [5, 5.41) is 0. The molecule has 0 spiro atoms. The van der Waals surface area contributed by atoms with Gasteiger partial charge in [-0.05, 0) is 26.0 Å². The number of hydrogen-bond acceptors (Lipinski definition) is 3. The highest BCUT2D eigenvalue weighted by molar-refractivity contribution is 5.09. The molecule has 84 valence electrons. The van der Waals surface area contributed by atoms with Crippen molar-refractivity contribution < 1.29 is 13.9 Å². The zero-order chi connectivity index (χ0) is 10.8. The summed E-state index contributed by atoms with van der Waals surface area (Å²) in [6, 6.07) is 4.02. The molecule has 0 aromatic carbocycles. The summed E-state index contributed by atoms with van der Waals surface area (Å²) in [4.78, 5) is 0. The molecular formula is C12H18O3. The fourth-order valence-corrected chi connectivity index (χ4v) is 1.83. The first-order valence-electron chi connectivity index (χ1n) is 5.48. The van der Waals surface area contributed by atoms with Crippen LogP contribution in [0.15, 0.2) is 16.5 Å². The third-order valence-electron chi connectivity index (χ3n) is 2.69. The summed E-state index contributed by atoms with van der Waals surface area (Å²) in [7, 11) is 0. The van der Waals surface area contributed by atoms with Crippen LogP contribution in [0.3, 0.4) is 0 Å². The standard InChI is InChI=1S/C12H18O3/c1-8(11-5-4-9(2)14-11)6-12-13-7-10(3)15-12/h4-5,8,10,12H,6-7H2,1-3H3. The van der Waals surface area contributed by atoms with Gasteiger partial charge in [-0.3, -0.25) is 0 Å². The van der Waals surface area contributed by atoms with Gasteiger partial charge in [0.25, 0.3) is 0 Å². The molecule has 0 N–H and O–H groups in total.